The Kier molecular flexibility index (Phi) is 3.22. The molecule has 1 saturated heterocycles. The van der Waals surface area contributed by atoms with Gasteiger partial charge in [0, 0.05) is 25.0 Å². The van der Waals surface area contributed by atoms with Gasteiger partial charge in [0.1, 0.15) is 5.82 Å². The number of nitrogens with zero attached hydrogens (tertiary/aromatic N) is 3. The summed E-state index contributed by atoms with van der Waals surface area (Å²) in [6.45, 7) is 3.50. The molecule has 4 heteroatoms. The average molecular weight is 232 g/mol. The monoisotopic (exact) mass is 232 g/mol. The first-order valence-electron chi connectivity index (χ1n) is 6.67. The van der Waals surface area contributed by atoms with E-state index in [1.165, 1.54) is 38.8 Å². The van der Waals surface area contributed by atoms with E-state index < -0.39 is 0 Å². The van der Waals surface area contributed by atoms with E-state index in [2.05, 4.69) is 20.2 Å². The quantitative estimate of drug-likeness (QED) is 0.853. The number of piperidine rings is 1. The molecule has 1 saturated carbocycles. The zero-order valence-electron chi connectivity index (χ0n) is 10.2. The van der Waals surface area contributed by atoms with Crippen LogP contribution in [-0.2, 0) is 0 Å². The Morgan fingerprint density at radius 2 is 2.00 bits per heavy atom. The smallest absolute Gasteiger partial charge is 0.147 e. The maximum atomic E-state index is 4.45. The minimum atomic E-state index is 0.724. The van der Waals surface area contributed by atoms with Crippen LogP contribution in [0.2, 0.25) is 0 Å². The van der Waals surface area contributed by atoms with Crippen LogP contribution >= 0.6 is 0 Å². The van der Waals surface area contributed by atoms with Crippen molar-refractivity contribution in [3.05, 3.63) is 18.6 Å². The van der Waals surface area contributed by atoms with Gasteiger partial charge in [-0.15, -0.1) is 0 Å². The first-order chi connectivity index (χ1) is 8.43. The lowest BCUT2D eigenvalue weighted by Crippen LogP contribution is -2.37. The molecule has 4 nitrogen and oxygen atoms in total. The predicted octanol–water partition coefficient (Wildman–Crippen LogP) is 1.45. The lowest BCUT2D eigenvalue weighted by molar-refractivity contribution is 0.372. The van der Waals surface area contributed by atoms with Gasteiger partial charge < -0.3 is 10.2 Å². The van der Waals surface area contributed by atoms with Crippen LogP contribution in [0.3, 0.4) is 0 Å². The van der Waals surface area contributed by atoms with Crippen LogP contribution in [-0.4, -0.2) is 35.6 Å². The van der Waals surface area contributed by atoms with Crippen molar-refractivity contribution in [3.8, 4) is 0 Å². The molecule has 0 amide bonds. The second kappa shape index (κ2) is 5.00. The van der Waals surface area contributed by atoms with Gasteiger partial charge in [-0.25, -0.2) is 4.98 Å². The minimum absolute atomic E-state index is 0.724. The van der Waals surface area contributed by atoms with Gasteiger partial charge in [0.15, 0.2) is 0 Å². The van der Waals surface area contributed by atoms with Crippen molar-refractivity contribution in [2.75, 3.05) is 24.5 Å². The Balaban J connectivity index is 1.67. The Hall–Kier alpha value is -1.16. The maximum Gasteiger partial charge on any atom is 0.147 e. The molecule has 92 valence electrons. The SMILES string of the molecule is c1cnc(N(CC2CCNCC2)C2CC2)cn1. The van der Waals surface area contributed by atoms with Crippen LogP contribution in [0.15, 0.2) is 18.6 Å². The molecule has 17 heavy (non-hydrogen) atoms. The number of aromatic nitrogens is 2. The molecular formula is C13H20N4. The van der Waals surface area contributed by atoms with Crippen LogP contribution < -0.4 is 10.2 Å². The van der Waals surface area contributed by atoms with Gasteiger partial charge in [0.2, 0.25) is 0 Å². The summed E-state index contributed by atoms with van der Waals surface area (Å²) in [5.41, 5.74) is 0. The molecule has 2 fully saturated rings. The minimum Gasteiger partial charge on any atom is -0.352 e. The molecule has 0 unspecified atom stereocenters. The van der Waals surface area contributed by atoms with E-state index >= 15 is 0 Å². The fourth-order valence-electron chi connectivity index (χ4n) is 2.60. The summed E-state index contributed by atoms with van der Waals surface area (Å²) in [4.78, 5) is 11.1. The van der Waals surface area contributed by atoms with Gasteiger partial charge in [-0.3, -0.25) is 4.98 Å². The molecule has 0 atom stereocenters. The van der Waals surface area contributed by atoms with Gasteiger partial charge in [-0.05, 0) is 44.7 Å². The third-order valence-electron chi connectivity index (χ3n) is 3.75. The molecule has 2 aliphatic rings. The van der Waals surface area contributed by atoms with Gasteiger partial charge >= 0.3 is 0 Å². The lowest BCUT2D eigenvalue weighted by atomic mass is 9.97. The summed E-state index contributed by atoms with van der Waals surface area (Å²) in [6, 6.07) is 0.724. The number of hydrogen-bond donors (Lipinski definition) is 1. The zero-order chi connectivity index (χ0) is 11.5. The lowest BCUT2D eigenvalue weighted by Gasteiger charge is -2.30. The van der Waals surface area contributed by atoms with Crippen LogP contribution in [0.4, 0.5) is 5.82 Å². The van der Waals surface area contributed by atoms with Crippen molar-refractivity contribution in [1.29, 1.82) is 0 Å². The number of hydrogen-bond acceptors (Lipinski definition) is 4. The molecule has 0 spiro atoms. The van der Waals surface area contributed by atoms with E-state index in [9.17, 15) is 0 Å². The van der Waals surface area contributed by atoms with Gasteiger partial charge in [0.25, 0.3) is 0 Å². The van der Waals surface area contributed by atoms with E-state index in [1.54, 1.807) is 12.4 Å². The van der Waals surface area contributed by atoms with Gasteiger partial charge in [0.05, 0.1) is 6.20 Å². The van der Waals surface area contributed by atoms with E-state index in [0.29, 0.717) is 0 Å². The fourth-order valence-corrected chi connectivity index (χ4v) is 2.60. The number of nitrogens with one attached hydrogen (secondary N) is 1. The largest absolute Gasteiger partial charge is 0.352 e. The summed E-state index contributed by atoms with van der Waals surface area (Å²) in [5, 5.41) is 3.43. The van der Waals surface area contributed by atoms with Crippen molar-refractivity contribution >= 4 is 5.82 Å². The molecule has 1 aliphatic heterocycles. The highest BCUT2D eigenvalue weighted by atomic mass is 15.2. The van der Waals surface area contributed by atoms with Gasteiger partial charge in [-0.2, -0.15) is 0 Å². The highest BCUT2D eigenvalue weighted by Gasteiger charge is 2.31. The average Bonchev–Trinajstić information content (AvgIpc) is 3.23. The molecular weight excluding hydrogens is 212 g/mol. The van der Waals surface area contributed by atoms with Crippen LogP contribution in [0.5, 0.6) is 0 Å². The Bertz CT molecular complexity index is 344. The van der Waals surface area contributed by atoms with Crippen molar-refractivity contribution in [2.24, 2.45) is 5.92 Å². The second-order valence-electron chi connectivity index (χ2n) is 5.14. The summed E-state index contributed by atoms with van der Waals surface area (Å²) in [7, 11) is 0. The molecule has 0 aromatic carbocycles. The molecule has 2 heterocycles. The molecule has 0 radical (unpaired) electrons. The molecule has 0 bridgehead atoms. The fraction of sp³-hybridized carbons (Fsp3) is 0.692. The molecule has 1 aromatic rings. The van der Waals surface area contributed by atoms with Crippen molar-refractivity contribution < 1.29 is 0 Å². The van der Waals surface area contributed by atoms with Crippen LogP contribution in [0.1, 0.15) is 25.7 Å². The van der Waals surface area contributed by atoms with Crippen LogP contribution in [0, 0.1) is 5.92 Å². The van der Waals surface area contributed by atoms with Crippen molar-refractivity contribution in [2.45, 2.75) is 31.7 Å². The van der Waals surface area contributed by atoms with Gasteiger partial charge in [-0.1, -0.05) is 0 Å². The van der Waals surface area contributed by atoms with E-state index in [0.717, 1.165) is 24.3 Å². The normalized spacial score (nSPS) is 21.4. The van der Waals surface area contributed by atoms with E-state index in [1.807, 2.05) is 6.20 Å². The molecule has 3 rings (SSSR count). The standard InChI is InChI=1S/C13H20N4/c1-2-12(1)17(13-9-15-7-8-16-13)10-11-3-5-14-6-4-11/h7-9,11-12,14H,1-6,10H2. The maximum absolute atomic E-state index is 4.45. The Labute approximate surface area is 102 Å². The Morgan fingerprint density at radius 3 is 2.65 bits per heavy atom. The van der Waals surface area contributed by atoms with E-state index in [-0.39, 0.29) is 0 Å². The predicted molar refractivity (Wildman–Crippen MR) is 68.0 cm³/mol. The summed E-state index contributed by atoms with van der Waals surface area (Å²) in [6.07, 6.45) is 10.7. The summed E-state index contributed by atoms with van der Waals surface area (Å²) in [5.74, 6) is 1.88. The van der Waals surface area contributed by atoms with Crippen molar-refractivity contribution in [3.63, 3.8) is 0 Å². The third kappa shape index (κ3) is 2.75. The number of anilines is 1. The molecule has 1 aromatic heterocycles. The second-order valence-corrected chi connectivity index (χ2v) is 5.14. The highest BCUT2D eigenvalue weighted by Crippen LogP contribution is 2.31. The van der Waals surface area contributed by atoms with Crippen LogP contribution in [0.25, 0.3) is 0 Å². The van der Waals surface area contributed by atoms with E-state index in [4.69, 9.17) is 0 Å². The zero-order valence-corrected chi connectivity index (χ0v) is 10.2. The Morgan fingerprint density at radius 1 is 1.18 bits per heavy atom. The first-order valence-corrected chi connectivity index (χ1v) is 6.67. The molecule has 1 aliphatic carbocycles. The van der Waals surface area contributed by atoms with Crippen molar-refractivity contribution in [1.82, 2.24) is 15.3 Å². The first kappa shape index (κ1) is 11.0. The topological polar surface area (TPSA) is 41.1 Å². The number of rotatable bonds is 4. The molecule has 1 N–H and O–H groups in total. The summed E-state index contributed by atoms with van der Waals surface area (Å²) < 4.78 is 0. The third-order valence-corrected chi connectivity index (χ3v) is 3.75. The highest BCUT2D eigenvalue weighted by molar-refractivity contribution is 5.38. The summed E-state index contributed by atoms with van der Waals surface area (Å²) >= 11 is 0.